The van der Waals surface area contributed by atoms with Crippen LogP contribution in [-0.2, 0) is 11.4 Å². The van der Waals surface area contributed by atoms with E-state index in [1.165, 1.54) is 6.92 Å². The van der Waals surface area contributed by atoms with E-state index >= 15 is 4.39 Å². The largest absolute Gasteiger partial charge is 0.497 e. The van der Waals surface area contributed by atoms with E-state index in [2.05, 4.69) is 5.43 Å². The van der Waals surface area contributed by atoms with Crippen molar-refractivity contribution in [2.75, 3.05) is 20.3 Å². The number of ether oxygens (including phenoxy) is 3. The minimum Gasteiger partial charge on any atom is -0.497 e. The SMILES string of the molecule is COc1ccc(COc2ccc3c(c2F)OCC2=C3CN(NC(C)=O)C=C2)cc1. The number of amides is 1. The van der Waals surface area contributed by atoms with E-state index in [0.29, 0.717) is 12.1 Å². The average Bonchev–Trinajstić information content (AvgIpc) is 2.73. The summed E-state index contributed by atoms with van der Waals surface area (Å²) in [5.74, 6) is 0.367. The molecule has 7 heteroatoms. The number of benzene rings is 2. The third-order valence-electron chi connectivity index (χ3n) is 4.78. The highest BCUT2D eigenvalue weighted by Crippen LogP contribution is 2.40. The Morgan fingerprint density at radius 3 is 2.76 bits per heavy atom. The Bertz CT molecular complexity index is 999. The van der Waals surface area contributed by atoms with Gasteiger partial charge in [-0.2, -0.15) is 4.39 Å². The molecule has 4 rings (SSSR count). The predicted molar refractivity (Wildman–Crippen MR) is 106 cm³/mol. The van der Waals surface area contributed by atoms with Crippen molar-refractivity contribution in [3.8, 4) is 17.2 Å². The van der Waals surface area contributed by atoms with Gasteiger partial charge in [0.05, 0.1) is 13.7 Å². The van der Waals surface area contributed by atoms with Crippen LogP contribution in [0.15, 0.2) is 54.2 Å². The van der Waals surface area contributed by atoms with Crippen LogP contribution >= 0.6 is 0 Å². The lowest BCUT2D eigenvalue weighted by atomic mass is 9.94. The Kier molecular flexibility index (Phi) is 5.12. The first kappa shape index (κ1) is 18.9. The summed E-state index contributed by atoms with van der Waals surface area (Å²) in [5.41, 5.74) is 6.17. The molecule has 0 saturated heterocycles. The van der Waals surface area contributed by atoms with Crippen molar-refractivity contribution in [2.24, 2.45) is 0 Å². The first-order valence-electron chi connectivity index (χ1n) is 9.20. The first-order chi connectivity index (χ1) is 14.0. The highest BCUT2D eigenvalue weighted by Gasteiger charge is 2.27. The third kappa shape index (κ3) is 3.89. The smallest absolute Gasteiger partial charge is 0.235 e. The zero-order valence-electron chi connectivity index (χ0n) is 16.2. The fraction of sp³-hybridized carbons (Fsp3) is 0.227. The zero-order chi connectivity index (χ0) is 20.4. The highest BCUT2D eigenvalue weighted by atomic mass is 19.1. The van der Waals surface area contributed by atoms with Gasteiger partial charge in [0.2, 0.25) is 11.7 Å². The van der Waals surface area contributed by atoms with Gasteiger partial charge in [0.25, 0.3) is 0 Å². The normalized spacial score (nSPS) is 14.7. The Balaban J connectivity index is 1.53. The molecule has 2 aliphatic rings. The van der Waals surface area contributed by atoms with Crippen LogP contribution < -0.4 is 19.6 Å². The molecule has 1 amide bonds. The van der Waals surface area contributed by atoms with Gasteiger partial charge in [-0.3, -0.25) is 15.2 Å². The van der Waals surface area contributed by atoms with Crippen LogP contribution in [0.5, 0.6) is 17.2 Å². The average molecular weight is 396 g/mol. The standard InChI is InChI=1S/C22H21FN2O4/c1-14(26)24-25-10-9-16-13-29-22-18(19(16)11-25)7-8-20(21(22)23)28-12-15-3-5-17(27-2)6-4-15/h3-10H,11-13H2,1-2H3,(H,24,26). The maximum absolute atomic E-state index is 15.0. The molecule has 0 saturated carbocycles. The molecule has 0 fully saturated rings. The number of nitrogens with one attached hydrogen (secondary N) is 1. The Morgan fingerprint density at radius 2 is 2.03 bits per heavy atom. The van der Waals surface area contributed by atoms with Crippen molar-refractivity contribution < 1.29 is 23.4 Å². The van der Waals surface area contributed by atoms with Crippen LogP contribution in [0, 0.1) is 5.82 Å². The second-order valence-electron chi connectivity index (χ2n) is 6.80. The van der Waals surface area contributed by atoms with E-state index in [-0.39, 0.29) is 30.6 Å². The molecule has 2 aromatic rings. The van der Waals surface area contributed by atoms with Gasteiger partial charge >= 0.3 is 0 Å². The van der Waals surface area contributed by atoms with Crippen LogP contribution in [0.3, 0.4) is 0 Å². The monoisotopic (exact) mass is 396 g/mol. The second-order valence-corrected chi connectivity index (χ2v) is 6.80. The van der Waals surface area contributed by atoms with Crippen molar-refractivity contribution >= 4 is 11.5 Å². The quantitative estimate of drug-likeness (QED) is 0.839. The molecule has 0 unspecified atom stereocenters. The molecule has 0 bridgehead atoms. The molecule has 0 atom stereocenters. The number of hydrogen-bond acceptors (Lipinski definition) is 5. The molecule has 0 aromatic heterocycles. The number of methoxy groups -OCH3 is 1. The van der Waals surface area contributed by atoms with Crippen LogP contribution in [-0.4, -0.2) is 31.2 Å². The minimum absolute atomic E-state index is 0.133. The molecule has 29 heavy (non-hydrogen) atoms. The highest BCUT2D eigenvalue weighted by molar-refractivity contribution is 5.80. The van der Waals surface area contributed by atoms with Crippen molar-refractivity contribution in [3.63, 3.8) is 0 Å². The summed E-state index contributed by atoms with van der Waals surface area (Å²) in [6.45, 7) is 2.38. The lowest BCUT2D eigenvalue weighted by Crippen LogP contribution is -2.40. The van der Waals surface area contributed by atoms with Crippen LogP contribution in [0.4, 0.5) is 4.39 Å². The maximum atomic E-state index is 15.0. The van der Waals surface area contributed by atoms with Gasteiger partial charge in [0.1, 0.15) is 19.0 Å². The number of halogens is 1. The van der Waals surface area contributed by atoms with Gasteiger partial charge in [-0.25, -0.2) is 0 Å². The first-order valence-corrected chi connectivity index (χ1v) is 9.20. The fourth-order valence-corrected chi connectivity index (χ4v) is 3.34. The lowest BCUT2D eigenvalue weighted by Gasteiger charge is -2.31. The number of hydrogen-bond donors (Lipinski definition) is 1. The summed E-state index contributed by atoms with van der Waals surface area (Å²) < 4.78 is 31.5. The molecule has 2 heterocycles. The van der Waals surface area contributed by atoms with Crippen molar-refractivity contribution in [1.29, 1.82) is 0 Å². The van der Waals surface area contributed by atoms with E-state index < -0.39 is 5.82 Å². The molecule has 150 valence electrons. The number of fused-ring (bicyclic) bond motifs is 2. The van der Waals surface area contributed by atoms with Gasteiger partial charge < -0.3 is 14.2 Å². The summed E-state index contributed by atoms with van der Waals surface area (Å²) in [7, 11) is 1.60. The van der Waals surface area contributed by atoms with E-state index in [0.717, 1.165) is 22.5 Å². The number of hydrazine groups is 1. The molecule has 0 aliphatic carbocycles. The number of carbonyl (C=O) groups is 1. The van der Waals surface area contributed by atoms with Gasteiger partial charge in [0, 0.05) is 18.7 Å². The summed E-state index contributed by atoms with van der Waals surface area (Å²) in [6.07, 6.45) is 3.64. The van der Waals surface area contributed by atoms with E-state index in [4.69, 9.17) is 14.2 Å². The molecule has 0 radical (unpaired) electrons. The number of rotatable bonds is 5. The van der Waals surface area contributed by atoms with Crippen LogP contribution in [0.1, 0.15) is 18.1 Å². The van der Waals surface area contributed by atoms with Crippen molar-refractivity contribution in [2.45, 2.75) is 13.5 Å². The lowest BCUT2D eigenvalue weighted by molar-refractivity contribution is -0.122. The summed E-state index contributed by atoms with van der Waals surface area (Å²) in [6, 6.07) is 10.8. The molecular weight excluding hydrogens is 375 g/mol. The van der Waals surface area contributed by atoms with Crippen molar-refractivity contribution in [3.05, 3.63) is 71.2 Å². The van der Waals surface area contributed by atoms with Crippen LogP contribution in [0.25, 0.3) is 5.57 Å². The molecular formula is C22H21FN2O4. The molecule has 1 N–H and O–H groups in total. The van der Waals surface area contributed by atoms with E-state index in [1.807, 2.05) is 30.3 Å². The molecule has 6 nitrogen and oxygen atoms in total. The minimum atomic E-state index is -0.525. The van der Waals surface area contributed by atoms with Gasteiger partial charge in [-0.05, 0) is 47.1 Å². The number of carbonyl (C=O) groups excluding carboxylic acids is 1. The van der Waals surface area contributed by atoms with E-state index in [1.54, 1.807) is 30.5 Å². The van der Waals surface area contributed by atoms with E-state index in [9.17, 15) is 4.79 Å². The summed E-state index contributed by atoms with van der Waals surface area (Å²) in [4.78, 5) is 11.3. The second kappa shape index (κ2) is 7.87. The Hall–Kier alpha value is -3.48. The molecule has 2 aromatic carbocycles. The van der Waals surface area contributed by atoms with Gasteiger partial charge in [-0.15, -0.1) is 0 Å². The van der Waals surface area contributed by atoms with Crippen molar-refractivity contribution in [1.82, 2.24) is 10.4 Å². The number of nitrogens with zero attached hydrogens (tertiary/aromatic N) is 1. The Morgan fingerprint density at radius 1 is 1.24 bits per heavy atom. The predicted octanol–water partition coefficient (Wildman–Crippen LogP) is 3.44. The fourth-order valence-electron chi connectivity index (χ4n) is 3.34. The maximum Gasteiger partial charge on any atom is 0.235 e. The summed E-state index contributed by atoms with van der Waals surface area (Å²) in [5, 5.41) is 1.67. The molecule has 0 spiro atoms. The Labute approximate surface area is 168 Å². The van der Waals surface area contributed by atoms with Crippen LogP contribution in [0.2, 0.25) is 0 Å². The van der Waals surface area contributed by atoms with Gasteiger partial charge in [0.15, 0.2) is 11.5 Å². The third-order valence-corrected chi connectivity index (χ3v) is 4.78. The van der Waals surface area contributed by atoms with Gasteiger partial charge in [-0.1, -0.05) is 12.1 Å². The topological polar surface area (TPSA) is 60.0 Å². The summed E-state index contributed by atoms with van der Waals surface area (Å²) >= 11 is 0. The zero-order valence-corrected chi connectivity index (χ0v) is 16.2. The molecule has 2 aliphatic heterocycles.